The number of rotatable bonds is 6. The van der Waals surface area contributed by atoms with Gasteiger partial charge in [-0.15, -0.1) is 0 Å². The van der Waals surface area contributed by atoms with Gasteiger partial charge in [0.25, 0.3) is 0 Å². The molecule has 0 spiro atoms. The lowest BCUT2D eigenvalue weighted by Crippen LogP contribution is -2.02. The Morgan fingerprint density at radius 2 is 1.62 bits per heavy atom. The van der Waals surface area contributed by atoms with Crippen LogP contribution in [0.15, 0.2) is 91.5 Å². The van der Waals surface area contributed by atoms with Gasteiger partial charge in [0.2, 0.25) is 0 Å². The summed E-state index contributed by atoms with van der Waals surface area (Å²) in [7, 11) is 0. The summed E-state index contributed by atoms with van der Waals surface area (Å²) in [6, 6.07) is 26.8. The summed E-state index contributed by atoms with van der Waals surface area (Å²) in [5.41, 5.74) is 4.47. The van der Waals surface area contributed by atoms with Crippen molar-refractivity contribution in [1.29, 1.82) is 0 Å². The number of fused-ring (bicyclic) bond motifs is 1. The molecular weight excluding hydrogens is 320 g/mol. The van der Waals surface area contributed by atoms with E-state index in [0.717, 1.165) is 34.7 Å². The van der Waals surface area contributed by atoms with E-state index in [9.17, 15) is 0 Å². The van der Waals surface area contributed by atoms with Crippen molar-refractivity contribution in [2.24, 2.45) is 0 Å². The average Bonchev–Trinajstić information content (AvgIpc) is 3.06. The summed E-state index contributed by atoms with van der Waals surface area (Å²) in [6.45, 7) is 4.97. The van der Waals surface area contributed by atoms with Crippen molar-refractivity contribution in [2.75, 3.05) is 6.61 Å². The van der Waals surface area contributed by atoms with Crippen molar-refractivity contribution in [2.45, 2.75) is 6.54 Å². The lowest BCUT2D eigenvalue weighted by Gasteiger charge is -2.10. The number of hydrogen-bond donors (Lipinski definition) is 0. The monoisotopic (exact) mass is 340 g/mol. The molecule has 0 aliphatic rings. The van der Waals surface area contributed by atoms with E-state index >= 15 is 0 Å². The van der Waals surface area contributed by atoms with Crippen molar-refractivity contribution in [3.05, 3.63) is 97.1 Å². The van der Waals surface area contributed by atoms with Gasteiger partial charge in [-0.2, -0.15) is 0 Å². The minimum absolute atomic E-state index is 0.506. The maximum Gasteiger partial charge on any atom is 0.141 e. The normalized spacial score (nSPS) is 10.8. The molecule has 0 amide bonds. The van der Waals surface area contributed by atoms with Crippen LogP contribution in [0.1, 0.15) is 5.56 Å². The first-order chi connectivity index (χ1) is 12.8. The third-order valence-electron chi connectivity index (χ3n) is 4.32. The van der Waals surface area contributed by atoms with E-state index in [1.54, 1.807) is 6.08 Å². The molecule has 26 heavy (non-hydrogen) atoms. The van der Waals surface area contributed by atoms with E-state index in [1.807, 2.05) is 24.3 Å². The van der Waals surface area contributed by atoms with Crippen LogP contribution in [0.2, 0.25) is 0 Å². The van der Waals surface area contributed by atoms with E-state index in [4.69, 9.17) is 9.72 Å². The molecule has 0 unspecified atom stereocenters. The molecule has 3 nitrogen and oxygen atoms in total. The first-order valence-corrected chi connectivity index (χ1v) is 8.68. The third kappa shape index (κ3) is 3.24. The third-order valence-corrected chi connectivity index (χ3v) is 4.32. The van der Waals surface area contributed by atoms with Gasteiger partial charge in [0.05, 0.1) is 11.0 Å². The van der Waals surface area contributed by atoms with Crippen molar-refractivity contribution >= 4 is 11.0 Å². The molecule has 0 aliphatic heterocycles. The molecule has 0 saturated carbocycles. The Labute approximate surface area is 153 Å². The number of benzene rings is 3. The van der Waals surface area contributed by atoms with Crippen molar-refractivity contribution in [3.8, 4) is 17.1 Å². The molecular formula is C23H20N2O. The molecule has 0 N–H and O–H groups in total. The molecule has 0 bridgehead atoms. The van der Waals surface area contributed by atoms with Crippen LogP contribution in [-0.4, -0.2) is 16.2 Å². The smallest absolute Gasteiger partial charge is 0.141 e. The lowest BCUT2D eigenvalue weighted by atomic mass is 10.2. The Kier molecular flexibility index (Phi) is 4.52. The van der Waals surface area contributed by atoms with Gasteiger partial charge in [-0.3, -0.25) is 0 Å². The van der Waals surface area contributed by atoms with Crippen LogP contribution in [0.4, 0.5) is 0 Å². The van der Waals surface area contributed by atoms with Crippen molar-refractivity contribution in [3.63, 3.8) is 0 Å². The van der Waals surface area contributed by atoms with Crippen molar-refractivity contribution in [1.82, 2.24) is 9.55 Å². The van der Waals surface area contributed by atoms with Gasteiger partial charge in [-0.1, -0.05) is 55.1 Å². The van der Waals surface area contributed by atoms with E-state index in [-0.39, 0.29) is 0 Å². The Morgan fingerprint density at radius 3 is 2.38 bits per heavy atom. The topological polar surface area (TPSA) is 27.1 Å². The minimum atomic E-state index is 0.506. The molecule has 0 fully saturated rings. The largest absolute Gasteiger partial charge is 0.490 e. The highest BCUT2D eigenvalue weighted by Gasteiger charge is 2.13. The van der Waals surface area contributed by atoms with Gasteiger partial charge in [0.15, 0.2) is 0 Å². The molecule has 128 valence electrons. The van der Waals surface area contributed by atoms with Crippen LogP contribution >= 0.6 is 0 Å². The summed E-state index contributed by atoms with van der Waals surface area (Å²) < 4.78 is 7.85. The Hall–Kier alpha value is -3.33. The number of aromatic nitrogens is 2. The second-order valence-corrected chi connectivity index (χ2v) is 6.12. The predicted octanol–water partition coefficient (Wildman–Crippen LogP) is 5.32. The van der Waals surface area contributed by atoms with E-state index < -0.39 is 0 Å². The molecule has 0 atom stereocenters. The highest BCUT2D eigenvalue weighted by atomic mass is 16.5. The van der Waals surface area contributed by atoms with Crippen LogP contribution in [-0.2, 0) is 6.54 Å². The van der Waals surface area contributed by atoms with Gasteiger partial charge in [-0.05, 0) is 42.0 Å². The maximum atomic E-state index is 5.59. The summed E-state index contributed by atoms with van der Waals surface area (Å²) in [5, 5.41) is 0. The highest BCUT2D eigenvalue weighted by Crippen LogP contribution is 2.27. The molecule has 4 aromatic rings. The quantitative estimate of drug-likeness (QED) is 0.444. The molecule has 0 saturated heterocycles. The fourth-order valence-electron chi connectivity index (χ4n) is 3.08. The highest BCUT2D eigenvalue weighted by molar-refractivity contribution is 5.80. The van der Waals surface area contributed by atoms with Crippen LogP contribution in [0.5, 0.6) is 5.75 Å². The van der Waals surface area contributed by atoms with Crippen LogP contribution in [0, 0.1) is 0 Å². The first-order valence-electron chi connectivity index (χ1n) is 8.68. The molecule has 0 radical (unpaired) electrons. The second-order valence-electron chi connectivity index (χ2n) is 6.12. The second kappa shape index (κ2) is 7.28. The van der Waals surface area contributed by atoms with Gasteiger partial charge in [0.1, 0.15) is 18.2 Å². The maximum absolute atomic E-state index is 5.59. The van der Waals surface area contributed by atoms with Gasteiger partial charge >= 0.3 is 0 Å². The zero-order valence-electron chi connectivity index (χ0n) is 14.5. The first kappa shape index (κ1) is 16.2. The Bertz CT molecular complexity index is 1020. The lowest BCUT2D eigenvalue weighted by molar-refractivity contribution is 0.363. The van der Waals surface area contributed by atoms with Gasteiger partial charge in [-0.25, -0.2) is 4.98 Å². The van der Waals surface area contributed by atoms with E-state index in [1.165, 1.54) is 5.56 Å². The molecule has 0 aliphatic carbocycles. The number of hydrogen-bond acceptors (Lipinski definition) is 2. The van der Waals surface area contributed by atoms with Crippen LogP contribution in [0.25, 0.3) is 22.4 Å². The molecule has 1 heterocycles. The summed E-state index contributed by atoms with van der Waals surface area (Å²) in [5.74, 6) is 1.80. The zero-order chi connectivity index (χ0) is 17.8. The number of nitrogens with zero attached hydrogens (tertiary/aromatic N) is 2. The minimum Gasteiger partial charge on any atom is -0.490 e. The number of imidazole rings is 1. The van der Waals surface area contributed by atoms with Crippen molar-refractivity contribution < 1.29 is 4.74 Å². The fourth-order valence-corrected chi connectivity index (χ4v) is 3.08. The van der Waals surface area contributed by atoms with E-state index in [2.05, 4.69) is 65.7 Å². The average molecular weight is 340 g/mol. The SMILES string of the molecule is C=CCOc1ccc(-c2nc3ccccc3n2Cc2ccccc2)cc1. The molecule has 3 heteroatoms. The standard InChI is InChI=1S/C23H20N2O/c1-2-16-26-20-14-12-19(13-15-20)23-24-21-10-6-7-11-22(21)25(23)17-18-8-4-3-5-9-18/h2-15H,1,16-17H2. The fraction of sp³-hybridized carbons (Fsp3) is 0.0870. The van der Waals surface area contributed by atoms with Crippen LogP contribution in [0.3, 0.4) is 0 Å². The van der Waals surface area contributed by atoms with Gasteiger partial charge < -0.3 is 9.30 Å². The Morgan fingerprint density at radius 1 is 0.885 bits per heavy atom. The summed E-state index contributed by atoms with van der Waals surface area (Å²) in [6.07, 6.45) is 1.74. The predicted molar refractivity (Wildman–Crippen MR) is 106 cm³/mol. The van der Waals surface area contributed by atoms with Crippen LogP contribution < -0.4 is 4.74 Å². The van der Waals surface area contributed by atoms with Gasteiger partial charge in [0, 0.05) is 12.1 Å². The molecule has 4 rings (SSSR count). The number of ether oxygens (including phenoxy) is 1. The summed E-state index contributed by atoms with van der Waals surface area (Å²) >= 11 is 0. The Balaban J connectivity index is 1.76. The molecule has 1 aromatic heterocycles. The van der Waals surface area contributed by atoms with E-state index in [0.29, 0.717) is 6.61 Å². The number of para-hydroxylation sites is 2. The zero-order valence-corrected chi connectivity index (χ0v) is 14.5. The molecule has 3 aromatic carbocycles. The summed E-state index contributed by atoms with van der Waals surface area (Å²) in [4.78, 5) is 4.88.